The van der Waals surface area contributed by atoms with Crippen LogP contribution in [0.25, 0.3) is 0 Å². The fourth-order valence-electron chi connectivity index (χ4n) is 1.02. The lowest BCUT2D eigenvalue weighted by molar-refractivity contribution is -0.118. The van der Waals surface area contributed by atoms with E-state index >= 15 is 0 Å². The zero-order valence-corrected chi connectivity index (χ0v) is 6.52. The molecule has 0 saturated heterocycles. The number of hydrogen-bond acceptors (Lipinski definition) is 3. The first kappa shape index (κ1) is 8.10. The van der Waals surface area contributed by atoms with Gasteiger partial charge in [-0.15, -0.1) is 12.4 Å². The lowest BCUT2D eigenvalue weighted by Gasteiger charge is -2.19. The van der Waals surface area contributed by atoms with Crippen molar-refractivity contribution < 1.29 is 4.79 Å². The lowest BCUT2D eigenvalue weighted by Crippen LogP contribution is -2.37. The van der Waals surface area contributed by atoms with Crippen molar-refractivity contribution in [2.45, 2.75) is 0 Å². The van der Waals surface area contributed by atoms with Crippen molar-refractivity contribution in [2.75, 3.05) is 6.54 Å². The zero-order valence-electron chi connectivity index (χ0n) is 5.70. The van der Waals surface area contributed by atoms with Crippen LogP contribution in [0.5, 0.6) is 0 Å². The minimum Gasteiger partial charge on any atom is -0.326 e. The third-order valence-corrected chi connectivity index (χ3v) is 1.49. The van der Waals surface area contributed by atoms with Crippen LogP contribution in [-0.4, -0.2) is 17.5 Å². The summed E-state index contributed by atoms with van der Waals surface area (Å²) in [6.07, 6.45) is 5.23. The highest BCUT2D eigenvalue weighted by Gasteiger charge is 2.21. The van der Waals surface area contributed by atoms with Crippen molar-refractivity contribution in [3.63, 3.8) is 0 Å². The number of amides is 1. The van der Waals surface area contributed by atoms with E-state index in [1.165, 1.54) is 0 Å². The van der Waals surface area contributed by atoms with Gasteiger partial charge in [-0.3, -0.25) is 9.80 Å². The first-order chi connectivity index (χ1) is 4.88. The van der Waals surface area contributed by atoms with Crippen molar-refractivity contribution in [1.29, 1.82) is 0 Å². The highest BCUT2D eigenvalue weighted by atomic mass is 35.5. The molecule has 0 aromatic heterocycles. The fourth-order valence-corrected chi connectivity index (χ4v) is 1.02. The molecule has 0 unspecified atom stereocenters. The van der Waals surface area contributed by atoms with Crippen LogP contribution < -0.4 is 10.7 Å². The number of carbonyl (C=O) groups excluding carboxylic acids is 1. The smallest absolute Gasteiger partial charge is 0.273 e. The molecule has 2 heterocycles. The molecule has 60 valence electrons. The molecule has 0 fully saturated rings. The van der Waals surface area contributed by atoms with Crippen molar-refractivity contribution in [3.05, 3.63) is 24.2 Å². The van der Waals surface area contributed by atoms with E-state index in [9.17, 15) is 4.79 Å². The molecule has 5 heteroatoms. The molecule has 2 aliphatic heterocycles. The van der Waals surface area contributed by atoms with Crippen LogP contribution in [0.3, 0.4) is 0 Å². The van der Waals surface area contributed by atoms with E-state index in [1.54, 1.807) is 17.4 Å². The Morgan fingerprint density at radius 1 is 1.55 bits per heavy atom. The quantitative estimate of drug-likeness (QED) is 0.530. The molecule has 2 aliphatic rings. The number of hydrogen-bond donors (Lipinski definition) is 2. The highest BCUT2D eigenvalue weighted by molar-refractivity contribution is 5.94. The number of nitrogens with one attached hydrogen (secondary N) is 2. The van der Waals surface area contributed by atoms with Crippen LogP contribution in [0, 0.1) is 0 Å². The Bertz CT molecular complexity index is 236. The zero-order chi connectivity index (χ0) is 6.97. The molecule has 11 heavy (non-hydrogen) atoms. The molecular weight excluding hydrogens is 166 g/mol. The average Bonchev–Trinajstić information content (AvgIpc) is 2.36. The van der Waals surface area contributed by atoms with Crippen LogP contribution in [-0.2, 0) is 4.79 Å². The van der Waals surface area contributed by atoms with Gasteiger partial charge in [0.25, 0.3) is 5.91 Å². The van der Waals surface area contributed by atoms with Crippen LogP contribution >= 0.6 is 12.4 Å². The summed E-state index contributed by atoms with van der Waals surface area (Å²) < 4.78 is 0. The third-order valence-electron chi connectivity index (χ3n) is 1.49. The molecule has 2 N–H and O–H groups in total. The predicted molar refractivity (Wildman–Crippen MR) is 42.5 cm³/mol. The van der Waals surface area contributed by atoms with E-state index in [0.29, 0.717) is 5.70 Å². The molecule has 0 aromatic carbocycles. The second-order valence-electron chi connectivity index (χ2n) is 2.11. The minimum atomic E-state index is -0.0486. The van der Waals surface area contributed by atoms with Gasteiger partial charge in [-0.05, 0) is 6.08 Å². The van der Waals surface area contributed by atoms with Crippen molar-refractivity contribution in [2.24, 2.45) is 0 Å². The summed E-state index contributed by atoms with van der Waals surface area (Å²) in [5.74, 6) is -0.0486. The largest absolute Gasteiger partial charge is 0.326 e. The van der Waals surface area contributed by atoms with Crippen LogP contribution in [0.15, 0.2) is 24.2 Å². The van der Waals surface area contributed by atoms with E-state index in [0.717, 1.165) is 6.54 Å². The molecule has 0 spiro atoms. The van der Waals surface area contributed by atoms with Gasteiger partial charge in [0.2, 0.25) is 0 Å². The lowest BCUT2D eigenvalue weighted by atomic mass is 10.3. The summed E-state index contributed by atoms with van der Waals surface area (Å²) in [7, 11) is 0. The van der Waals surface area contributed by atoms with Crippen molar-refractivity contribution >= 4 is 18.3 Å². The molecular formula is C6H8ClN3O. The van der Waals surface area contributed by atoms with Gasteiger partial charge in [0.05, 0.1) is 0 Å². The summed E-state index contributed by atoms with van der Waals surface area (Å²) in [6.45, 7) is 0.729. The second kappa shape index (κ2) is 2.94. The fraction of sp³-hybridized carbons (Fsp3) is 0.167. The Balaban J connectivity index is 0.000000605. The van der Waals surface area contributed by atoms with E-state index in [2.05, 4.69) is 10.7 Å². The Morgan fingerprint density at radius 3 is 3.09 bits per heavy atom. The van der Waals surface area contributed by atoms with E-state index in [4.69, 9.17) is 0 Å². The van der Waals surface area contributed by atoms with Gasteiger partial charge >= 0.3 is 0 Å². The maximum Gasteiger partial charge on any atom is 0.273 e. The molecule has 2 rings (SSSR count). The Morgan fingerprint density at radius 2 is 2.36 bits per heavy atom. The molecule has 0 radical (unpaired) electrons. The van der Waals surface area contributed by atoms with Crippen molar-refractivity contribution in [3.8, 4) is 0 Å². The summed E-state index contributed by atoms with van der Waals surface area (Å²) in [6, 6.07) is 0. The maximum atomic E-state index is 11.0. The summed E-state index contributed by atoms with van der Waals surface area (Å²) >= 11 is 0. The van der Waals surface area contributed by atoms with Gasteiger partial charge in [-0.25, -0.2) is 5.43 Å². The van der Waals surface area contributed by atoms with Gasteiger partial charge < -0.3 is 5.32 Å². The molecule has 0 aliphatic carbocycles. The molecule has 0 saturated carbocycles. The van der Waals surface area contributed by atoms with Crippen LogP contribution in [0.1, 0.15) is 0 Å². The topological polar surface area (TPSA) is 44.4 Å². The maximum absolute atomic E-state index is 11.0. The monoisotopic (exact) mass is 173 g/mol. The van der Waals surface area contributed by atoms with E-state index in [-0.39, 0.29) is 18.3 Å². The number of nitrogens with zero attached hydrogens (tertiary/aromatic N) is 1. The Labute approximate surface area is 70.3 Å². The number of carbonyl (C=O) groups is 1. The predicted octanol–water partition coefficient (Wildman–Crippen LogP) is -0.287. The van der Waals surface area contributed by atoms with Gasteiger partial charge in [0.15, 0.2) is 0 Å². The van der Waals surface area contributed by atoms with Gasteiger partial charge in [0, 0.05) is 18.9 Å². The van der Waals surface area contributed by atoms with Crippen molar-refractivity contribution in [1.82, 2.24) is 15.8 Å². The van der Waals surface area contributed by atoms with Crippen LogP contribution in [0.4, 0.5) is 0 Å². The number of fused-ring (bicyclic) bond motifs is 1. The summed E-state index contributed by atoms with van der Waals surface area (Å²) in [4.78, 5) is 11.0. The first-order valence-corrected chi connectivity index (χ1v) is 3.08. The van der Waals surface area contributed by atoms with Gasteiger partial charge in [-0.1, -0.05) is 0 Å². The molecule has 0 bridgehead atoms. The van der Waals surface area contributed by atoms with E-state index in [1.807, 2.05) is 6.08 Å². The third kappa shape index (κ3) is 1.22. The summed E-state index contributed by atoms with van der Waals surface area (Å²) in [5, 5.41) is 4.29. The molecule has 0 aromatic rings. The summed E-state index contributed by atoms with van der Waals surface area (Å²) in [5.41, 5.74) is 3.66. The Hall–Kier alpha value is -1.00. The van der Waals surface area contributed by atoms with Gasteiger partial charge in [0.1, 0.15) is 5.70 Å². The molecule has 1 amide bonds. The number of halogens is 1. The molecule has 4 nitrogen and oxygen atoms in total. The second-order valence-corrected chi connectivity index (χ2v) is 2.11. The number of rotatable bonds is 0. The van der Waals surface area contributed by atoms with E-state index < -0.39 is 0 Å². The number of hydrazine groups is 1. The first-order valence-electron chi connectivity index (χ1n) is 3.08. The highest BCUT2D eigenvalue weighted by Crippen LogP contribution is 2.09. The molecule has 0 atom stereocenters. The minimum absolute atomic E-state index is 0. The Kier molecular flexibility index (Phi) is 2.16. The SMILES string of the molecule is Cl.O=C1NC=CN2NCC=C12. The van der Waals surface area contributed by atoms with Crippen LogP contribution in [0.2, 0.25) is 0 Å². The standard InChI is InChI=1S/C6H7N3O.ClH/c10-6-5-1-2-8-9(5)4-3-7-6;/h1,3-4,8H,2H2,(H,7,10);1H. The van der Waals surface area contributed by atoms with Gasteiger partial charge in [-0.2, -0.15) is 0 Å². The average molecular weight is 174 g/mol. The normalized spacial score (nSPS) is 20.2.